The molecule has 3 nitrogen and oxygen atoms in total. The van der Waals surface area contributed by atoms with E-state index in [0.717, 1.165) is 6.07 Å². The van der Waals surface area contributed by atoms with Crippen LogP contribution in [0.4, 0.5) is 13.2 Å². The molecule has 0 radical (unpaired) electrons. The Labute approximate surface area is 114 Å². The third kappa shape index (κ3) is 4.20. The summed E-state index contributed by atoms with van der Waals surface area (Å²) in [7, 11) is 0. The fourth-order valence-electron chi connectivity index (χ4n) is 1.10. The van der Waals surface area contributed by atoms with Crippen LogP contribution in [0.3, 0.4) is 0 Å². The highest BCUT2D eigenvalue weighted by Crippen LogP contribution is 2.29. The quantitative estimate of drug-likeness (QED) is 0.461. The minimum Gasteiger partial charge on any atom is -0.403 e. The maximum atomic E-state index is 12.1. The molecule has 0 amide bonds. The second-order valence-electron chi connectivity index (χ2n) is 2.90. The van der Waals surface area contributed by atoms with Crippen molar-refractivity contribution in [2.75, 3.05) is 0 Å². The van der Waals surface area contributed by atoms with E-state index in [1.54, 1.807) is 22.6 Å². The zero-order valence-corrected chi connectivity index (χ0v) is 11.1. The first kappa shape index (κ1) is 14.3. The molecule has 0 saturated carbocycles. The van der Waals surface area contributed by atoms with Crippen LogP contribution >= 0.6 is 34.2 Å². The lowest BCUT2D eigenvalue weighted by atomic mass is 10.1. The summed E-state index contributed by atoms with van der Waals surface area (Å²) in [5.74, 6) is -0.392. The molecule has 0 N–H and O–H groups in total. The minimum atomic E-state index is -4.78. The normalized spacial score (nSPS) is 11.1. The second-order valence-corrected chi connectivity index (χ2v) is 4.19. The van der Waals surface area contributed by atoms with E-state index in [1.165, 1.54) is 0 Å². The van der Waals surface area contributed by atoms with E-state index in [9.17, 15) is 13.2 Å². The fourth-order valence-corrected chi connectivity index (χ4v) is 1.89. The molecule has 0 bridgehead atoms. The first-order chi connectivity index (χ1) is 7.87. The summed E-state index contributed by atoms with van der Waals surface area (Å²) in [4.78, 5) is 3.87. The topological polar surface area (TPSA) is 45.9 Å². The van der Waals surface area contributed by atoms with Gasteiger partial charge >= 0.3 is 6.36 Å². The molecule has 0 atom stereocenters. The van der Waals surface area contributed by atoms with E-state index in [1.807, 2.05) is 6.07 Å². The van der Waals surface area contributed by atoms with Gasteiger partial charge in [0.2, 0.25) is 0 Å². The Balaban J connectivity index is 3.16. The van der Waals surface area contributed by atoms with Crippen molar-refractivity contribution in [1.29, 1.82) is 5.26 Å². The number of nitrogens with zero attached hydrogens (tertiary/aromatic N) is 2. The lowest BCUT2D eigenvalue weighted by Crippen LogP contribution is -2.18. The van der Waals surface area contributed by atoms with Gasteiger partial charge in [-0.3, -0.25) is 0 Å². The van der Waals surface area contributed by atoms with E-state index in [4.69, 9.17) is 16.9 Å². The van der Waals surface area contributed by atoms with Gasteiger partial charge in [0.1, 0.15) is 3.70 Å². The number of hydrogen-bond acceptors (Lipinski definition) is 3. The van der Waals surface area contributed by atoms with Gasteiger partial charge in [-0.2, -0.15) is 5.26 Å². The standard InChI is InChI=1S/C9H5ClF3IN2O/c10-4-6-5(1-2-15)3-7(8(14)16-6)17-9(11,12)13/h3H,1,4H2. The lowest BCUT2D eigenvalue weighted by molar-refractivity contribution is -0.275. The Morgan fingerprint density at radius 3 is 2.65 bits per heavy atom. The van der Waals surface area contributed by atoms with Gasteiger partial charge in [-0.15, -0.1) is 24.8 Å². The Morgan fingerprint density at radius 1 is 1.53 bits per heavy atom. The van der Waals surface area contributed by atoms with Crippen LogP contribution in [0, 0.1) is 15.0 Å². The SMILES string of the molecule is N#CCc1cc(OC(F)(F)F)c(I)nc1CCl. The maximum Gasteiger partial charge on any atom is 0.573 e. The summed E-state index contributed by atoms with van der Waals surface area (Å²) < 4.78 is 40.1. The van der Waals surface area contributed by atoms with Gasteiger partial charge in [-0.25, -0.2) is 4.98 Å². The van der Waals surface area contributed by atoms with Crippen molar-refractivity contribution >= 4 is 34.2 Å². The smallest absolute Gasteiger partial charge is 0.403 e. The lowest BCUT2D eigenvalue weighted by Gasteiger charge is -2.12. The molecule has 17 heavy (non-hydrogen) atoms. The van der Waals surface area contributed by atoms with Gasteiger partial charge in [0.25, 0.3) is 0 Å². The van der Waals surface area contributed by atoms with E-state index >= 15 is 0 Å². The predicted molar refractivity (Wildman–Crippen MR) is 62.5 cm³/mol. The van der Waals surface area contributed by atoms with E-state index in [0.29, 0.717) is 11.3 Å². The number of pyridine rings is 1. The molecule has 0 aromatic carbocycles. The summed E-state index contributed by atoms with van der Waals surface area (Å²) in [6.07, 6.45) is -4.85. The molecule has 8 heteroatoms. The Hall–Kier alpha value is -0.750. The average Bonchev–Trinajstić information content (AvgIpc) is 2.21. The molecule has 0 saturated heterocycles. The third-order valence-corrected chi connectivity index (χ3v) is 2.76. The summed E-state index contributed by atoms with van der Waals surface area (Å²) in [6.45, 7) is 0. The van der Waals surface area contributed by atoms with Crippen molar-refractivity contribution in [3.8, 4) is 11.8 Å². The number of nitriles is 1. The molecular formula is C9H5ClF3IN2O. The van der Waals surface area contributed by atoms with Gasteiger partial charge in [0, 0.05) is 0 Å². The number of hydrogen-bond donors (Lipinski definition) is 0. The van der Waals surface area contributed by atoms with Gasteiger partial charge in [-0.05, 0) is 34.2 Å². The van der Waals surface area contributed by atoms with Gasteiger partial charge in [0.05, 0.1) is 24.1 Å². The molecule has 0 fully saturated rings. The monoisotopic (exact) mass is 376 g/mol. The molecule has 0 aliphatic heterocycles. The molecule has 1 aromatic rings. The average molecular weight is 377 g/mol. The molecule has 1 heterocycles. The van der Waals surface area contributed by atoms with Crippen molar-refractivity contribution in [1.82, 2.24) is 4.98 Å². The zero-order chi connectivity index (χ0) is 13.1. The first-order valence-corrected chi connectivity index (χ1v) is 5.85. The second kappa shape index (κ2) is 5.73. The van der Waals surface area contributed by atoms with Crippen molar-refractivity contribution in [3.63, 3.8) is 0 Å². The van der Waals surface area contributed by atoms with Gasteiger partial charge in [-0.1, -0.05) is 0 Å². The molecule has 92 valence electrons. The molecule has 0 aliphatic rings. The number of rotatable bonds is 3. The number of halogens is 5. The highest BCUT2D eigenvalue weighted by Gasteiger charge is 2.32. The summed E-state index contributed by atoms with van der Waals surface area (Å²) in [5, 5.41) is 8.55. The van der Waals surface area contributed by atoms with Crippen molar-refractivity contribution in [2.24, 2.45) is 0 Å². The number of ether oxygens (including phenoxy) is 1. The minimum absolute atomic E-state index is 0.0271. The van der Waals surface area contributed by atoms with Crippen LogP contribution in [-0.2, 0) is 12.3 Å². The molecule has 1 aromatic heterocycles. The van der Waals surface area contributed by atoms with Crippen molar-refractivity contribution < 1.29 is 17.9 Å². The fraction of sp³-hybridized carbons (Fsp3) is 0.333. The highest BCUT2D eigenvalue weighted by atomic mass is 127. The van der Waals surface area contributed by atoms with E-state index < -0.39 is 12.1 Å². The van der Waals surface area contributed by atoms with Gasteiger partial charge < -0.3 is 4.74 Å². The maximum absolute atomic E-state index is 12.1. The molecule has 0 spiro atoms. The van der Waals surface area contributed by atoms with Crippen LogP contribution in [0.15, 0.2) is 6.07 Å². The van der Waals surface area contributed by atoms with E-state index in [-0.39, 0.29) is 16.0 Å². The highest BCUT2D eigenvalue weighted by molar-refractivity contribution is 14.1. The first-order valence-electron chi connectivity index (χ1n) is 4.24. The van der Waals surface area contributed by atoms with Crippen LogP contribution in [0.2, 0.25) is 0 Å². The van der Waals surface area contributed by atoms with Crippen molar-refractivity contribution in [2.45, 2.75) is 18.7 Å². The van der Waals surface area contributed by atoms with Gasteiger partial charge in [0.15, 0.2) is 5.75 Å². The Morgan fingerprint density at radius 2 is 2.18 bits per heavy atom. The van der Waals surface area contributed by atoms with Crippen molar-refractivity contribution in [3.05, 3.63) is 21.0 Å². The Kier molecular flexibility index (Phi) is 4.82. The molecule has 1 rings (SSSR count). The van der Waals surface area contributed by atoms with Crippen LogP contribution in [-0.4, -0.2) is 11.3 Å². The predicted octanol–water partition coefficient (Wildman–Crippen LogP) is 3.39. The number of alkyl halides is 4. The molecule has 0 aliphatic carbocycles. The summed E-state index contributed by atoms with van der Waals surface area (Å²) in [6, 6.07) is 2.97. The van der Waals surface area contributed by atoms with Crippen LogP contribution in [0.25, 0.3) is 0 Å². The largest absolute Gasteiger partial charge is 0.573 e. The van der Waals surface area contributed by atoms with Crippen LogP contribution in [0.1, 0.15) is 11.3 Å². The van der Waals surface area contributed by atoms with Crippen LogP contribution in [0.5, 0.6) is 5.75 Å². The summed E-state index contributed by atoms with van der Waals surface area (Å²) >= 11 is 7.20. The zero-order valence-electron chi connectivity index (χ0n) is 8.18. The summed E-state index contributed by atoms with van der Waals surface area (Å²) in [5.41, 5.74) is 0.717. The number of aromatic nitrogens is 1. The molecule has 0 unspecified atom stereocenters. The molecular weight excluding hydrogens is 371 g/mol. The van der Waals surface area contributed by atoms with Crippen LogP contribution < -0.4 is 4.74 Å². The van der Waals surface area contributed by atoms with E-state index in [2.05, 4.69) is 9.72 Å². The third-order valence-electron chi connectivity index (χ3n) is 1.73. The Bertz CT molecular complexity index is 459.